The van der Waals surface area contributed by atoms with Gasteiger partial charge in [0.2, 0.25) is 5.91 Å². The summed E-state index contributed by atoms with van der Waals surface area (Å²) in [5, 5.41) is 13.7. The molecule has 3 rings (SSSR count). The van der Waals surface area contributed by atoms with Crippen LogP contribution >= 0.6 is 23.4 Å². The third kappa shape index (κ3) is 7.87. The summed E-state index contributed by atoms with van der Waals surface area (Å²) in [6, 6.07) is 10.2. The van der Waals surface area contributed by atoms with Crippen molar-refractivity contribution in [2.45, 2.75) is 57.7 Å². The molecule has 1 aromatic heterocycles. The Labute approximate surface area is 227 Å². The van der Waals surface area contributed by atoms with Gasteiger partial charge in [-0.05, 0) is 56.2 Å². The van der Waals surface area contributed by atoms with E-state index in [1.54, 1.807) is 11.5 Å². The summed E-state index contributed by atoms with van der Waals surface area (Å²) in [7, 11) is 0. The van der Waals surface area contributed by atoms with E-state index in [0.29, 0.717) is 23.3 Å². The topological polar surface area (TPSA) is 98.1 Å². The van der Waals surface area contributed by atoms with Gasteiger partial charge in [0.1, 0.15) is 5.75 Å². The van der Waals surface area contributed by atoms with E-state index in [2.05, 4.69) is 27.8 Å². The summed E-state index contributed by atoms with van der Waals surface area (Å²) in [4.78, 5) is 24.9. The van der Waals surface area contributed by atoms with Gasteiger partial charge in [-0.2, -0.15) is 13.2 Å². The molecule has 0 fully saturated rings. The predicted molar refractivity (Wildman–Crippen MR) is 139 cm³/mol. The maximum atomic E-state index is 13.0. The van der Waals surface area contributed by atoms with Crippen molar-refractivity contribution in [3.05, 3.63) is 64.4 Å². The van der Waals surface area contributed by atoms with Crippen LogP contribution < -0.4 is 15.4 Å². The Morgan fingerprint density at radius 3 is 2.47 bits per heavy atom. The third-order valence-electron chi connectivity index (χ3n) is 5.44. The van der Waals surface area contributed by atoms with Crippen molar-refractivity contribution in [3.8, 4) is 5.75 Å². The van der Waals surface area contributed by atoms with E-state index in [1.807, 2.05) is 31.2 Å². The van der Waals surface area contributed by atoms with Gasteiger partial charge in [0.15, 0.2) is 17.1 Å². The van der Waals surface area contributed by atoms with E-state index >= 15 is 0 Å². The van der Waals surface area contributed by atoms with Gasteiger partial charge in [0, 0.05) is 6.54 Å². The molecule has 1 heterocycles. The van der Waals surface area contributed by atoms with Gasteiger partial charge in [0.05, 0.1) is 28.6 Å². The van der Waals surface area contributed by atoms with Crippen molar-refractivity contribution in [3.63, 3.8) is 0 Å². The first-order valence-electron chi connectivity index (χ1n) is 11.8. The predicted octanol–water partition coefficient (Wildman–Crippen LogP) is 5.35. The number of rotatable bonds is 11. The van der Waals surface area contributed by atoms with E-state index < -0.39 is 23.8 Å². The fraction of sp³-hybridized carbons (Fsp3) is 0.360. The first kappa shape index (κ1) is 29.3. The van der Waals surface area contributed by atoms with Gasteiger partial charge in [-0.3, -0.25) is 9.59 Å². The normalized spacial score (nSPS) is 12.2. The number of aryl methyl sites for hydroxylation is 1. The van der Waals surface area contributed by atoms with Crippen molar-refractivity contribution >= 4 is 40.9 Å². The molecule has 0 saturated carbocycles. The van der Waals surface area contributed by atoms with Crippen molar-refractivity contribution in [2.75, 3.05) is 11.1 Å². The van der Waals surface area contributed by atoms with Crippen LogP contribution in [0.25, 0.3) is 0 Å². The van der Waals surface area contributed by atoms with Gasteiger partial charge in [0.25, 0.3) is 5.91 Å². The summed E-state index contributed by atoms with van der Waals surface area (Å²) in [5.74, 6) is 0.0317. The first-order valence-corrected chi connectivity index (χ1v) is 13.1. The second-order valence-electron chi connectivity index (χ2n) is 8.15. The number of ether oxygens (including phenoxy) is 1. The Morgan fingerprint density at radius 2 is 1.84 bits per heavy atom. The highest BCUT2D eigenvalue weighted by Gasteiger charge is 2.31. The van der Waals surface area contributed by atoms with Crippen molar-refractivity contribution in [2.24, 2.45) is 0 Å². The summed E-state index contributed by atoms with van der Waals surface area (Å²) in [6.45, 7) is 6.11. The summed E-state index contributed by atoms with van der Waals surface area (Å²) in [6.07, 6.45) is -4.39. The molecular weight excluding hydrogens is 543 g/mol. The number of hydrogen-bond acceptors (Lipinski definition) is 6. The molecule has 0 bridgehead atoms. The van der Waals surface area contributed by atoms with Crippen LogP contribution in [0.1, 0.15) is 37.7 Å². The summed E-state index contributed by atoms with van der Waals surface area (Å²) >= 11 is 7.00. The van der Waals surface area contributed by atoms with E-state index in [-0.39, 0.29) is 28.9 Å². The first-order chi connectivity index (χ1) is 18.0. The Bertz CT molecular complexity index is 1270. The van der Waals surface area contributed by atoms with Crippen LogP contribution in [0.2, 0.25) is 5.02 Å². The quantitative estimate of drug-likeness (QED) is 0.302. The molecule has 0 aliphatic heterocycles. The second kappa shape index (κ2) is 13.0. The molecule has 3 aromatic rings. The average molecular weight is 570 g/mol. The molecule has 0 saturated heterocycles. The zero-order valence-corrected chi connectivity index (χ0v) is 22.5. The van der Waals surface area contributed by atoms with Gasteiger partial charge in [-0.25, -0.2) is 0 Å². The SMILES string of the molecule is CCc1ccc(O[C@@H](C)C(=O)NCc2nnc(SCC(=O)Nc3cc(C(F)(F)F)ccc3Cl)n2CC)cc1. The largest absolute Gasteiger partial charge is 0.481 e. The minimum Gasteiger partial charge on any atom is -0.481 e. The van der Waals surface area contributed by atoms with Crippen LogP contribution in [0, 0.1) is 0 Å². The van der Waals surface area contributed by atoms with Crippen LogP contribution in [0.5, 0.6) is 5.75 Å². The fourth-order valence-corrected chi connectivity index (χ4v) is 4.35. The van der Waals surface area contributed by atoms with Crippen LogP contribution in [0.4, 0.5) is 18.9 Å². The van der Waals surface area contributed by atoms with Gasteiger partial charge >= 0.3 is 6.18 Å². The molecule has 0 unspecified atom stereocenters. The van der Waals surface area contributed by atoms with Gasteiger partial charge in [-0.1, -0.05) is 42.4 Å². The zero-order valence-electron chi connectivity index (χ0n) is 20.9. The number of anilines is 1. The maximum absolute atomic E-state index is 13.0. The molecule has 8 nitrogen and oxygen atoms in total. The summed E-state index contributed by atoms with van der Waals surface area (Å²) < 4.78 is 46.3. The zero-order chi connectivity index (χ0) is 27.9. The molecule has 204 valence electrons. The molecule has 1 atom stereocenters. The van der Waals surface area contributed by atoms with E-state index in [4.69, 9.17) is 16.3 Å². The van der Waals surface area contributed by atoms with Gasteiger partial charge in [-0.15, -0.1) is 10.2 Å². The number of aromatic nitrogens is 3. The van der Waals surface area contributed by atoms with Crippen LogP contribution in [-0.2, 0) is 35.3 Å². The summed E-state index contributed by atoms with van der Waals surface area (Å²) in [5.41, 5.74) is 0.112. The molecule has 0 aliphatic carbocycles. The molecule has 2 aromatic carbocycles. The Morgan fingerprint density at radius 1 is 1.13 bits per heavy atom. The Balaban J connectivity index is 1.54. The molecule has 38 heavy (non-hydrogen) atoms. The van der Waals surface area contributed by atoms with Gasteiger partial charge < -0.3 is 19.9 Å². The van der Waals surface area contributed by atoms with Crippen molar-refractivity contribution in [1.29, 1.82) is 0 Å². The molecular formula is C25H27ClF3N5O3S. The lowest BCUT2D eigenvalue weighted by Crippen LogP contribution is -2.36. The molecule has 2 N–H and O–H groups in total. The minimum absolute atomic E-state index is 0.0118. The fourth-order valence-electron chi connectivity index (χ4n) is 3.36. The van der Waals surface area contributed by atoms with Crippen LogP contribution in [0.15, 0.2) is 47.6 Å². The van der Waals surface area contributed by atoms with E-state index in [0.717, 1.165) is 36.4 Å². The smallest absolute Gasteiger partial charge is 0.416 e. The number of carbonyl (C=O) groups is 2. The van der Waals surface area contributed by atoms with Crippen molar-refractivity contribution < 1.29 is 27.5 Å². The highest BCUT2D eigenvalue weighted by atomic mass is 35.5. The number of thioether (sulfide) groups is 1. The lowest BCUT2D eigenvalue weighted by atomic mass is 10.2. The Kier molecular flexibility index (Phi) is 10.0. The lowest BCUT2D eigenvalue weighted by molar-refractivity contribution is -0.137. The molecule has 0 radical (unpaired) electrons. The molecule has 13 heteroatoms. The molecule has 2 amide bonds. The highest BCUT2D eigenvalue weighted by molar-refractivity contribution is 7.99. The minimum atomic E-state index is -4.56. The number of nitrogens with zero attached hydrogens (tertiary/aromatic N) is 3. The molecule has 0 aliphatic rings. The van der Waals surface area contributed by atoms with Crippen LogP contribution in [0.3, 0.4) is 0 Å². The number of alkyl halides is 3. The van der Waals surface area contributed by atoms with E-state index in [9.17, 15) is 22.8 Å². The number of benzene rings is 2. The maximum Gasteiger partial charge on any atom is 0.416 e. The van der Waals surface area contributed by atoms with Crippen molar-refractivity contribution in [1.82, 2.24) is 20.1 Å². The Hall–Kier alpha value is -3.25. The van der Waals surface area contributed by atoms with E-state index in [1.165, 1.54) is 5.56 Å². The number of carbonyl (C=O) groups excluding carboxylic acids is 2. The van der Waals surface area contributed by atoms with Crippen LogP contribution in [-0.4, -0.2) is 38.4 Å². The number of hydrogen-bond donors (Lipinski definition) is 2. The number of amides is 2. The number of halogens is 4. The standard InChI is InChI=1S/C25H27ClF3N5O3S/c1-4-16-6-9-18(10-7-16)37-15(3)23(36)30-13-21-32-33-24(34(21)5-2)38-14-22(35)31-20-12-17(25(27,28)29)8-11-19(20)26/h6-12,15H,4-5,13-14H2,1-3H3,(H,30,36)(H,31,35)/t15-/m0/s1. The third-order valence-corrected chi connectivity index (χ3v) is 6.74. The number of nitrogens with one attached hydrogen (secondary N) is 2. The lowest BCUT2D eigenvalue weighted by Gasteiger charge is -2.15. The average Bonchev–Trinajstić information content (AvgIpc) is 3.28. The highest BCUT2D eigenvalue weighted by Crippen LogP contribution is 2.34. The monoisotopic (exact) mass is 569 g/mol. The second-order valence-corrected chi connectivity index (χ2v) is 9.50. The molecule has 0 spiro atoms.